The lowest BCUT2D eigenvalue weighted by Crippen LogP contribution is -2.38. The van der Waals surface area contributed by atoms with Gasteiger partial charge in [-0.2, -0.15) is 0 Å². The molecule has 0 aliphatic carbocycles. The second kappa shape index (κ2) is 7.75. The second-order valence-corrected chi connectivity index (χ2v) is 6.36. The molecule has 1 aliphatic heterocycles. The molecule has 1 aliphatic rings. The van der Waals surface area contributed by atoms with Crippen molar-refractivity contribution in [1.82, 2.24) is 9.88 Å². The van der Waals surface area contributed by atoms with Crippen molar-refractivity contribution < 1.29 is 0 Å². The molecule has 0 radical (unpaired) electrons. The lowest BCUT2D eigenvalue weighted by atomic mass is 10.1. The van der Waals surface area contributed by atoms with Crippen LogP contribution in [0.5, 0.6) is 0 Å². The summed E-state index contributed by atoms with van der Waals surface area (Å²) in [5.41, 5.74) is 2.05. The molecule has 1 aromatic heterocycles. The minimum atomic E-state index is 0.526. The predicted molar refractivity (Wildman–Crippen MR) is 98.9 cm³/mol. The van der Waals surface area contributed by atoms with E-state index in [1.807, 2.05) is 43.6 Å². The highest BCUT2D eigenvalue weighted by Crippen LogP contribution is 2.24. The predicted octanol–water partition coefficient (Wildman–Crippen LogP) is 3.86. The number of rotatable bonds is 5. The number of fused-ring (bicyclic) bond motifs is 1. The molecule has 0 spiro atoms. The molecule has 0 saturated carbocycles. The summed E-state index contributed by atoms with van der Waals surface area (Å²) >= 11 is 6.03. The Morgan fingerprint density at radius 1 is 1.35 bits per heavy atom. The number of halogens is 1. The van der Waals surface area contributed by atoms with Gasteiger partial charge in [0.15, 0.2) is 0 Å². The van der Waals surface area contributed by atoms with Gasteiger partial charge < -0.3 is 10.2 Å². The smallest absolute Gasteiger partial charge is 0.0737 e. The third-order valence-electron chi connectivity index (χ3n) is 4.37. The molecular weight excluding hydrogens is 308 g/mol. The number of likely N-dealkylation sites (tertiary alicyclic amines) is 1. The maximum Gasteiger partial charge on any atom is 0.0737 e. The number of hydrogen-bond donors (Lipinski definition) is 1. The van der Waals surface area contributed by atoms with Gasteiger partial charge in [0.2, 0.25) is 0 Å². The summed E-state index contributed by atoms with van der Waals surface area (Å²) in [6, 6.07) is 8.40. The van der Waals surface area contributed by atoms with Crippen molar-refractivity contribution in [2.45, 2.75) is 25.8 Å². The average Bonchev–Trinajstić information content (AvgIpc) is 2.56. The quantitative estimate of drug-likeness (QED) is 0.846. The van der Waals surface area contributed by atoms with E-state index in [1.165, 1.54) is 12.8 Å². The first-order valence-corrected chi connectivity index (χ1v) is 8.62. The molecule has 3 rings (SSSR count). The van der Waals surface area contributed by atoms with Crippen LogP contribution in [-0.2, 0) is 0 Å². The monoisotopic (exact) mass is 330 g/mol. The Bertz CT molecular complexity index is 678. The molecule has 2 aromatic rings. The first-order valence-electron chi connectivity index (χ1n) is 8.24. The van der Waals surface area contributed by atoms with Crippen molar-refractivity contribution in [2.24, 2.45) is 4.99 Å². The standard InChI is InChI=1S/C18H23ClN4/c1-2-20-15-6-10-23(11-7-15)12-9-22-17-5-8-21-18-13-14(19)3-4-16(17)18/h2-5,8,13,15H,6-7,9-12H2,1H3,(H,21,22)/b20-2-. The Labute approximate surface area is 142 Å². The van der Waals surface area contributed by atoms with Gasteiger partial charge in [0.1, 0.15) is 0 Å². The van der Waals surface area contributed by atoms with Crippen molar-refractivity contribution in [3.63, 3.8) is 0 Å². The molecule has 1 aromatic carbocycles. The van der Waals surface area contributed by atoms with Crippen molar-refractivity contribution in [1.29, 1.82) is 0 Å². The van der Waals surface area contributed by atoms with Crippen LogP contribution in [-0.4, -0.2) is 48.3 Å². The topological polar surface area (TPSA) is 40.5 Å². The molecule has 1 fully saturated rings. The molecule has 1 saturated heterocycles. The highest BCUT2D eigenvalue weighted by molar-refractivity contribution is 6.31. The van der Waals surface area contributed by atoms with Crippen molar-refractivity contribution in [2.75, 3.05) is 31.5 Å². The third-order valence-corrected chi connectivity index (χ3v) is 4.60. The van der Waals surface area contributed by atoms with Crippen molar-refractivity contribution >= 4 is 34.4 Å². The van der Waals surface area contributed by atoms with E-state index in [0.29, 0.717) is 6.04 Å². The summed E-state index contributed by atoms with van der Waals surface area (Å²) in [6.45, 7) is 6.26. The molecule has 0 bridgehead atoms. The van der Waals surface area contributed by atoms with Crippen molar-refractivity contribution in [3.05, 3.63) is 35.5 Å². The minimum absolute atomic E-state index is 0.526. The number of aromatic nitrogens is 1. The number of piperidine rings is 1. The number of anilines is 1. The average molecular weight is 331 g/mol. The fourth-order valence-corrected chi connectivity index (χ4v) is 3.29. The number of hydrogen-bond acceptors (Lipinski definition) is 4. The van der Waals surface area contributed by atoms with E-state index in [0.717, 1.165) is 47.8 Å². The summed E-state index contributed by atoms with van der Waals surface area (Å²) in [5.74, 6) is 0. The Hall–Kier alpha value is -1.65. The van der Waals surface area contributed by atoms with E-state index in [4.69, 9.17) is 11.6 Å². The minimum Gasteiger partial charge on any atom is -0.383 e. The Morgan fingerprint density at radius 3 is 2.96 bits per heavy atom. The third kappa shape index (κ3) is 4.21. The van der Waals surface area contributed by atoms with E-state index in [2.05, 4.69) is 20.2 Å². The molecule has 0 amide bonds. The zero-order valence-corrected chi connectivity index (χ0v) is 14.3. The number of pyridine rings is 1. The Balaban J connectivity index is 1.53. The summed E-state index contributed by atoms with van der Waals surface area (Å²) in [5, 5.41) is 5.38. The molecular formula is C18H23ClN4. The fraction of sp³-hybridized carbons (Fsp3) is 0.444. The van der Waals surface area contributed by atoms with Gasteiger partial charge in [-0.05, 0) is 50.2 Å². The van der Waals surface area contributed by atoms with Gasteiger partial charge in [-0.1, -0.05) is 11.6 Å². The van der Waals surface area contributed by atoms with E-state index < -0.39 is 0 Å². The molecule has 0 unspecified atom stereocenters. The summed E-state index contributed by atoms with van der Waals surface area (Å²) in [7, 11) is 0. The Kier molecular flexibility index (Phi) is 5.47. The van der Waals surface area contributed by atoms with Gasteiger partial charge in [0.25, 0.3) is 0 Å². The highest BCUT2D eigenvalue weighted by Gasteiger charge is 2.17. The zero-order valence-electron chi connectivity index (χ0n) is 13.5. The van der Waals surface area contributed by atoms with E-state index in [9.17, 15) is 0 Å². The van der Waals surface area contributed by atoms with Gasteiger partial charge in [0.05, 0.1) is 11.6 Å². The SMILES string of the molecule is C/C=N\C1CCN(CCNc2ccnc3cc(Cl)ccc23)CC1. The molecule has 1 N–H and O–H groups in total. The van der Waals surface area contributed by atoms with Gasteiger partial charge >= 0.3 is 0 Å². The van der Waals surface area contributed by atoms with Crippen LogP contribution in [0.25, 0.3) is 10.9 Å². The van der Waals surface area contributed by atoms with Crippen LogP contribution in [0.2, 0.25) is 5.02 Å². The summed E-state index contributed by atoms with van der Waals surface area (Å²) in [4.78, 5) is 11.4. The summed E-state index contributed by atoms with van der Waals surface area (Å²) in [6.07, 6.45) is 6.10. The lowest BCUT2D eigenvalue weighted by Gasteiger charge is -2.30. The zero-order chi connectivity index (χ0) is 16.1. The molecule has 23 heavy (non-hydrogen) atoms. The summed E-state index contributed by atoms with van der Waals surface area (Å²) < 4.78 is 0. The maximum absolute atomic E-state index is 6.03. The molecule has 4 nitrogen and oxygen atoms in total. The first kappa shape index (κ1) is 16.2. The van der Waals surface area contributed by atoms with E-state index >= 15 is 0 Å². The van der Waals surface area contributed by atoms with Crippen LogP contribution in [0, 0.1) is 0 Å². The van der Waals surface area contributed by atoms with E-state index in [-0.39, 0.29) is 0 Å². The van der Waals surface area contributed by atoms with Gasteiger partial charge in [0, 0.05) is 48.5 Å². The van der Waals surface area contributed by atoms with Gasteiger partial charge in [-0.3, -0.25) is 9.98 Å². The molecule has 0 atom stereocenters. The van der Waals surface area contributed by atoms with Crippen LogP contribution in [0.1, 0.15) is 19.8 Å². The van der Waals surface area contributed by atoms with E-state index in [1.54, 1.807) is 0 Å². The number of nitrogens with zero attached hydrogens (tertiary/aromatic N) is 3. The lowest BCUT2D eigenvalue weighted by molar-refractivity contribution is 0.221. The van der Waals surface area contributed by atoms with Gasteiger partial charge in [-0.25, -0.2) is 0 Å². The van der Waals surface area contributed by atoms with Crippen LogP contribution < -0.4 is 5.32 Å². The van der Waals surface area contributed by atoms with Crippen molar-refractivity contribution in [3.8, 4) is 0 Å². The molecule has 122 valence electrons. The highest BCUT2D eigenvalue weighted by atomic mass is 35.5. The second-order valence-electron chi connectivity index (χ2n) is 5.93. The van der Waals surface area contributed by atoms with Crippen LogP contribution in [0.4, 0.5) is 5.69 Å². The van der Waals surface area contributed by atoms with Crippen LogP contribution >= 0.6 is 11.6 Å². The number of nitrogens with one attached hydrogen (secondary N) is 1. The molecule has 5 heteroatoms. The van der Waals surface area contributed by atoms with Crippen LogP contribution in [0.3, 0.4) is 0 Å². The fourth-order valence-electron chi connectivity index (χ4n) is 3.13. The first-order chi connectivity index (χ1) is 11.3. The number of aliphatic imine (C=N–C) groups is 1. The largest absolute Gasteiger partial charge is 0.383 e. The Morgan fingerprint density at radius 2 is 2.17 bits per heavy atom. The maximum atomic E-state index is 6.03. The molecule has 2 heterocycles. The van der Waals surface area contributed by atoms with Gasteiger partial charge in [-0.15, -0.1) is 0 Å². The normalized spacial score (nSPS) is 17.1. The van der Waals surface area contributed by atoms with Crippen LogP contribution in [0.15, 0.2) is 35.5 Å². The number of benzene rings is 1.